The fourth-order valence-corrected chi connectivity index (χ4v) is 1.98. The van der Waals surface area contributed by atoms with Gasteiger partial charge in [0, 0.05) is 25.5 Å². The third-order valence-electron chi connectivity index (χ3n) is 3.06. The molecule has 0 radical (unpaired) electrons. The smallest absolute Gasteiger partial charge is 0.0443 e. The van der Waals surface area contributed by atoms with Crippen LogP contribution in [0.1, 0.15) is 25.7 Å². The molecule has 0 saturated heterocycles. The van der Waals surface area contributed by atoms with Crippen molar-refractivity contribution in [3.05, 3.63) is 12.2 Å². The molecule has 0 unspecified atom stereocenters. The lowest BCUT2D eigenvalue weighted by molar-refractivity contribution is 0.273. The second-order valence-corrected chi connectivity index (χ2v) is 5.23. The van der Waals surface area contributed by atoms with E-state index in [2.05, 4.69) is 11.5 Å². The molecular weight excluding hydrogens is 194 g/mol. The Morgan fingerprint density at radius 1 is 1.14 bits per heavy atom. The summed E-state index contributed by atoms with van der Waals surface area (Å²) >= 11 is 5.77. The molecule has 0 aromatic heterocycles. The van der Waals surface area contributed by atoms with Crippen LogP contribution in [0, 0.1) is 11.8 Å². The van der Waals surface area contributed by atoms with Gasteiger partial charge in [-0.2, -0.15) is 0 Å². The number of halogens is 1. The van der Waals surface area contributed by atoms with Crippen molar-refractivity contribution in [3.63, 3.8) is 0 Å². The van der Waals surface area contributed by atoms with Crippen LogP contribution in [-0.4, -0.2) is 30.4 Å². The maximum absolute atomic E-state index is 5.77. The van der Waals surface area contributed by atoms with E-state index in [-0.39, 0.29) is 0 Å². The summed E-state index contributed by atoms with van der Waals surface area (Å²) in [6, 6.07) is 0. The second-order valence-electron chi connectivity index (χ2n) is 4.96. The highest BCUT2D eigenvalue weighted by atomic mass is 35.5. The predicted molar refractivity (Wildman–Crippen MR) is 61.7 cm³/mol. The maximum atomic E-state index is 5.77. The summed E-state index contributed by atoms with van der Waals surface area (Å²) < 4.78 is 0. The zero-order valence-corrected chi connectivity index (χ0v) is 9.60. The number of rotatable bonds is 7. The average Bonchev–Trinajstić information content (AvgIpc) is 2.99. The largest absolute Gasteiger partial charge is 0.299 e. The lowest BCUT2D eigenvalue weighted by Gasteiger charge is -2.22. The Balaban J connectivity index is 1.73. The third-order valence-corrected chi connectivity index (χ3v) is 3.44. The van der Waals surface area contributed by atoms with Gasteiger partial charge in [0.05, 0.1) is 0 Å². The van der Waals surface area contributed by atoms with Crippen LogP contribution in [0.25, 0.3) is 0 Å². The first-order valence-corrected chi connectivity index (χ1v) is 6.26. The van der Waals surface area contributed by atoms with Crippen LogP contribution in [0.3, 0.4) is 0 Å². The number of hydrogen-bond donors (Lipinski definition) is 0. The molecule has 80 valence electrons. The third kappa shape index (κ3) is 3.62. The van der Waals surface area contributed by atoms with Gasteiger partial charge in [-0.1, -0.05) is 6.58 Å². The van der Waals surface area contributed by atoms with Crippen molar-refractivity contribution in [2.45, 2.75) is 25.7 Å². The zero-order valence-electron chi connectivity index (χ0n) is 8.84. The Labute approximate surface area is 92.1 Å². The van der Waals surface area contributed by atoms with E-state index in [0.29, 0.717) is 5.88 Å². The minimum atomic E-state index is 0.617. The van der Waals surface area contributed by atoms with Crippen molar-refractivity contribution < 1.29 is 0 Å². The van der Waals surface area contributed by atoms with Crippen LogP contribution in [0.2, 0.25) is 0 Å². The summed E-state index contributed by atoms with van der Waals surface area (Å²) in [4.78, 5) is 2.57. The molecule has 0 aromatic rings. The van der Waals surface area contributed by atoms with Crippen molar-refractivity contribution in [1.82, 2.24) is 4.90 Å². The molecule has 2 fully saturated rings. The van der Waals surface area contributed by atoms with Gasteiger partial charge in [0.1, 0.15) is 0 Å². The Hall–Kier alpha value is -0.0100. The van der Waals surface area contributed by atoms with Gasteiger partial charge in [-0.3, -0.25) is 4.90 Å². The molecule has 0 N–H and O–H groups in total. The summed E-state index contributed by atoms with van der Waals surface area (Å²) in [6.07, 6.45) is 5.76. The summed E-state index contributed by atoms with van der Waals surface area (Å²) in [6.45, 7) is 7.59. The summed E-state index contributed by atoms with van der Waals surface area (Å²) in [7, 11) is 0. The fraction of sp³-hybridized carbons (Fsp3) is 0.833. The molecule has 0 amide bonds. The highest BCUT2D eigenvalue weighted by molar-refractivity contribution is 6.19. The van der Waals surface area contributed by atoms with Gasteiger partial charge < -0.3 is 0 Å². The van der Waals surface area contributed by atoms with Crippen molar-refractivity contribution in [2.24, 2.45) is 11.8 Å². The van der Waals surface area contributed by atoms with E-state index in [0.717, 1.165) is 18.4 Å². The minimum absolute atomic E-state index is 0.617. The first-order valence-electron chi connectivity index (χ1n) is 5.73. The Kier molecular flexibility index (Phi) is 3.51. The molecule has 14 heavy (non-hydrogen) atoms. The van der Waals surface area contributed by atoms with E-state index in [1.807, 2.05) is 0 Å². The number of alkyl halides is 1. The van der Waals surface area contributed by atoms with Crippen LogP contribution in [0.5, 0.6) is 0 Å². The van der Waals surface area contributed by atoms with Crippen molar-refractivity contribution >= 4 is 11.6 Å². The number of nitrogens with zero attached hydrogens (tertiary/aromatic N) is 1. The molecule has 0 heterocycles. The number of hydrogen-bond acceptors (Lipinski definition) is 1. The molecular formula is C12H20ClN. The normalized spacial score (nSPS) is 21.6. The van der Waals surface area contributed by atoms with Gasteiger partial charge >= 0.3 is 0 Å². The van der Waals surface area contributed by atoms with Crippen molar-refractivity contribution in [3.8, 4) is 0 Å². The van der Waals surface area contributed by atoms with Crippen LogP contribution in [0.15, 0.2) is 12.2 Å². The van der Waals surface area contributed by atoms with E-state index in [4.69, 9.17) is 11.6 Å². The Morgan fingerprint density at radius 2 is 1.64 bits per heavy atom. The first kappa shape index (κ1) is 10.5. The quantitative estimate of drug-likeness (QED) is 0.465. The van der Waals surface area contributed by atoms with E-state index in [9.17, 15) is 0 Å². The molecule has 0 aliphatic heterocycles. The molecule has 2 aliphatic rings. The van der Waals surface area contributed by atoms with Crippen molar-refractivity contribution in [2.75, 3.05) is 25.5 Å². The molecule has 0 spiro atoms. The van der Waals surface area contributed by atoms with Crippen LogP contribution in [0.4, 0.5) is 0 Å². The van der Waals surface area contributed by atoms with E-state index in [1.165, 1.54) is 44.3 Å². The van der Waals surface area contributed by atoms with Gasteiger partial charge in [-0.15, -0.1) is 11.6 Å². The first-order chi connectivity index (χ1) is 6.78. The summed E-state index contributed by atoms with van der Waals surface area (Å²) in [5.74, 6) is 2.58. The maximum Gasteiger partial charge on any atom is 0.0443 e. The Morgan fingerprint density at radius 3 is 2.00 bits per heavy atom. The highest BCUT2D eigenvalue weighted by Crippen LogP contribution is 2.33. The standard InChI is InChI=1S/C12H20ClN/c1-10(6-13)7-14(8-11-2-3-11)9-12-4-5-12/h11-12H,1-9H2. The average molecular weight is 214 g/mol. The molecule has 0 bridgehead atoms. The molecule has 0 aromatic carbocycles. The lowest BCUT2D eigenvalue weighted by Crippen LogP contribution is -2.30. The van der Waals surface area contributed by atoms with Gasteiger partial charge in [0.25, 0.3) is 0 Å². The Bertz CT molecular complexity index is 192. The predicted octanol–water partition coefficient (Wildman–Crippen LogP) is 2.90. The molecule has 0 atom stereocenters. The monoisotopic (exact) mass is 213 g/mol. The van der Waals surface area contributed by atoms with Gasteiger partial charge in [-0.25, -0.2) is 0 Å². The van der Waals surface area contributed by atoms with Gasteiger partial charge in [-0.05, 0) is 43.1 Å². The van der Waals surface area contributed by atoms with Crippen LogP contribution >= 0.6 is 11.6 Å². The fourth-order valence-electron chi connectivity index (χ4n) is 1.89. The van der Waals surface area contributed by atoms with Gasteiger partial charge in [0.15, 0.2) is 0 Å². The zero-order chi connectivity index (χ0) is 9.97. The van der Waals surface area contributed by atoms with Crippen molar-refractivity contribution in [1.29, 1.82) is 0 Å². The SMILES string of the molecule is C=C(CCl)CN(CC1CC1)CC1CC1. The van der Waals surface area contributed by atoms with Gasteiger partial charge in [0.2, 0.25) is 0 Å². The summed E-state index contributed by atoms with van der Waals surface area (Å²) in [5, 5.41) is 0. The van der Waals surface area contributed by atoms with E-state index in [1.54, 1.807) is 0 Å². The molecule has 2 rings (SSSR count). The molecule has 1 nitrogen and oxygen atoms in total. The minimum Gasteiger partial charge on any atom is -0.299 e. The molecule has 2 saturated carbocycles. The summed E-state index contributed by atoms with van der Waals surface area (Å²) in [5.41, 5.74) is 1.17. The lowest BCUT2D eigenvalue weighted by atomic mass is 10.2. The highest BCUT2D eigenvalue weighted by Gasteiger charge is 2.28. The van der Waals surface area contributed by atoms with E-state index >= 15 is 0 Å². The second kappa shape index (κ2) is 4.67. The molecule has 2 heteroatoms. The van der Waals surface area contributed by atoms with Crippen LogP contribution in [-0.2, 0) is 0 Å². The molecule has 2 aliphatic carbocycles. The van der Waals surface area contributed by atoms with Crippen LogP contribution < -0.4 is 0 Å². The topological polar surface area (TPSA) is 3.24 Å². The van der Waals surface area contributed by atoms with E-state index < -0.39 is 0 Å².